The van der Waals surface area contributed by atoms with Crippen LogP contribution in [0.1, 0.15) is 23.8 Å². The van der Waals surface area contributed by atoms with Crippen molar-refractivity contribution in [3.63, 3.8) is 0 Å². The lowest BCUT2D eigenvalue weighted by molar-refractivity contribution is 0.0985. The number of amides is 1. The van der Waals surface area contributed by atoms with Gasteiger partial charge in [0.05, 0.1) is 0 Å². The molecule has 1 heterocycles. The van der Waals surface area contributed by atoms with E-state index in [0.717, 1.165) is 4.57 Å². The van der Waals surface area contributed by atoms with Crippen LogP contribution in [-0.4, -0.2) is 28.4 Å². The number of hydrogen-bond donors (Lipinski definition) is 2. The summed E-state index contributed by atoms with van der Waals surface area (Å²) in [5.74, 6) is -0.0960. The Balaban J connectivity index is 3.08. The Morgan fingerprint density at radius 2 is 2.29 bits per heavy atom. The second kappa shape index (κ2) is 3.91. The molecule has 0 atom stereocenters. The number of ketones is 1. The van der Waals surface area contributed by atoms with Gasteiger partial charge in [-0.15, -0.1) is 0 Å². The molecule has 0 saturated carbocycles. The van der Waals surface area contributed by atoms with Crippen molar-refractivity contribution in [1.29, 1.82) is 0 Å². The average Bonchev–Trinajstić information content (AvgIpc) is 2.58. The minimum absolute atomic E-state index is 0.0798. The third-order valence-electron chi connectivity index (χ3n) is 1.82. The van der Waals surface area contributed by atoms with E-state index < -0.39 is 6.03 Å². The summed E-state index contributed by atoms with van der Waals surface area (Å²) in [5, 5.41) is 2.39. The summed E-state index contributed by atoms with van der Waals surface area (Å²) in [4.78, 5) is 26.2. The highest BCUT2D eigenvalue weighted by atomic mass is 16.2. The van der Waals surface area contributed by atoms with E-state index in [2.05, 4.69) is 10.3 Å². The maximum atomic E-state index is 11.3. The maximum absolute atomic E-state index is 11.3. The number of Topliss-reactive ketones (excluding diaryl/α,β-unsaturated/α-hetero) is 1. The molecule has 0 aromatic carbocycles. The molecule has 0 unspecified atom stereocenters. The van der Waals surface area contributed by atoms with Crippen LogP contribution in [0.25, 0.3) is 0 Å². The van der Waals surface area contributed by atoms with E-state index in [4.69, 9.17) is 5.73 Å². The summed E-state index contributed by atoms with van der Waals surface area (Å²) in [5.41, 5.74) is 5.72. The van der Waals surface area contributed by atoms with Gasteiger partial charge in [0.25, 0.3) is 0 Å². The van der Waals surface area contributed by atoms with Gasteiger partial charge in [0, 0.05) is 13.5 Å². The predicted octanol–water partition coefficient (Wildman–Crippen LogP) is 0.245. The van der Waals surface area contributed by atoms with Crippen LogP contribution in [0.4, 0.5) is 10.6 Å². The van der Waals surface area contributed by atoms with Crippen molar-refractivity contribution >= 4 is 17.6 Å². The lowest BCUT2D eigenvalue weighted by Gasteiger charge is -2.01. The summed E-state index contributed by atoms with van der Waals surface area (Å²) in [6, 6.07) is -0.412. The minimum atomic E-state index is -0.412. The smallest absolute Gasteiger partial charge is 0.328 e. The molecule has 0 fully saturated rings. The topological polar surface area (TPSA) is 90.0 Å². The molecule has 0 aliphatic rings. The molecule has 0 bridgehead atoms. The number of aromatic nitrogens is 2. The largest absolute Gasteiger partial charge is 0.383 e. The van der Waals surface area contributed by atoms with Crippen molar-refractivity contribution in [1.82, 2.24) is 14.9 Å². The number of nitrogens with two attached hydrogens (primary N) is 1. The molecule has 0 saturated heterocycles. The Kier molecular flexibility index (Phi) is 2.85. The molecule has 0 aliphatic carbocycles. The maximum Gasteiger partial charge on any atom is 0.328 e. The molecule has 1 amide bonds. The van der Waals surface area contributed by atoms with E-state index in [-0.39, 0.29) is 17.3 Å². The van der Waals surface area contributed by atoms with Gasteiger partial charge in [0.2, 0.25) is 0 Å². The first-order valence-electron chi connectivity index (χ1n) is 4.19. The zero-order chi connectivity index (χ0) is 10.7. The number of hydrogen-bond acceptors (Lipinski definition) is 4. The quantitative estimate of drug-likeness (QED) is 0.663. The first-order chi connectivity index (χ1) is 6.61. The fourth-order valence-electron chi connectivity index (χ4n) is 1.02. The molecule has 0 aliphatic heterocycles. The van der Waals surface area contributed by atoms with Crippen LogP contribution < -0.4 is 11.1 Å². The van der Waals surface area contributed by atoms with Gasteiger partial charge in [-0.3, -0.25) is 4.79 Å². The fourth-order valence-corrected chi connectivity index (χ4v) is 1.02. The summed E-state index contributed by atoms with van der Waals surface area (Å²) < 4.78 is 1.10. The van der Waals surface area contributed by atoms with E-state index in [1.54, 1.807) is 6.92 Å². The van der Waals surface area contributed by atoms with E-state index >= 15 is 0 Å². The van der Waals surface area contributed by atoms with Crippen molar-refractivity contribution in [3.05, 3.63) is 12.0 Å². The summed E-state index contributed by atoms with van der Waals surface area (Å²) >= 11 is 0. The third kappa shape index (κ3) is 1.59. The molecule has 6 heteroatoms. The Labute approximate surface area is 81.1 Å². The lowest BCUT2D eigenvalue weighted by Crippen LogP contribution is -2.25. The Bertz CT molecular complexity index is 336. The van der Waals surface area contributed by atoms with E-state index in [1.807, 2.05) is 0 Å². The number of imidazole rings is 1. The zero-order valence-corrected chi connectivity index (χ0v) is 8.07. The fraction of sp³-hybridized carbons (Fsp3) is 0.375. The summed E-state index contributed by atoms with van der Waals surface area (Å²) in [6.45, 7) is 1.71. The number of carbonyl (C=O) groups is 2. The molecule has 14 heavy (non-hydrogen) atoms. The van der Waals surface area contributed by atoms with Crippen molar-refractivity contribution in [3.8, 4) is 0 Å². The number of nitrogens with zero attached hydrogens (tertiary/aromatic N) is 2. The van der Waals surface area contributed by atoms with Gasteiger partial charge < -0.3 is 11.1 Å². The van der Waals surface area contributed by atoms with E-state index in [0.29, 0.717) is 6.42 Å². The first-order valence-corrected chi connectivity index (χ1v) is 4.19. The average molecular weight is 196 g/mol. The highest BCUT2D eigenvalue weighted by Gasteiger charge is 2.16. The normalized spacial score (nSPS) is 9.86. The molecule has 1 aromatic rings. The SMILES string of the molecule is CCC(=O)c1ncn(C(=O)NC)c1N. The molecule has 1 rings (SSSR count). The Hall–Kier alpha value is -1.85. The van der Waals surface area contributed by atoms with Gasteiger partial charge >= 0.3 is 6.03 Å². The van der Waals surface area contributed by atoms with Crippen LogP contribution in [0.2, 0.25) is 0 Å². The lowest BCUT2D eigenvalue weighted by atomic mass is 10.2. The van der Waals surface area contributed by atoms with Gasteiger partial charge in [0.1, 0.15) is 17.8 Å². The van der Waals surface area contributed by atoms with Crippen LogP contribution in [0.5, 0.6) is 0 Å². The Morgan fingerprint density at radius 1 is 1.64 bits per heavy atom. The van der Waals surface area contributed by atoms with Crippen molar-refractivity contribution < 1.29 is 9.59 Å². The van der Waals surface area contributed by atoms with E-state index in [9.17, 15) is 9.59 Å². The number of anilines is 1. The Morgan fingerprint density at radius 3 is 2.79 bits per heavy atom. The molecule has 0 spiro atoms. The van der Waals surface area contributed by atoms with Crippen molar-refractivity contribution in [2.24, 2.45) is 0 Å². The number of carbonyl (C=O) groups excluding carboxylic acids is 2. The molecular formula is C8H12N4O2. The molecule has 76 valence electrons. The van der Waals surface area contributed by atoms with Crippen molar-refractivity contribution in [2.45, 2.75) is 13.3 Å². The van der Waals surface area contributed by atoms with E-state index in [1.165, 1.54) is 13.4 Å². The molecule has 1 aromatic heterocycles. The summed E-state index contributed by atoms with van der Waals surface area (Å²) in [7, 11) is 1.48. The van der Waals surface area contributed by atoms with Gasteiger partial charge in [0.15, 0.2) is 5.78 Å². The predicted molar refractivity (Wildman–Crippen MR) is 51.1 cm³/mol. The van der Waals surface area contributed by atoms with Gasteiger partial charge in [-0.2, -0.15) is 0 Å². The van der Waals surface area contributed by atoms with Crippen LogP contribution in [0, 0.1) is 0 Å². The van der Waals surface area contributed by atoms with Crippen LogP contribution in [-0.2, 0) is 0 Å². The number of nitrogen functional groups attached to an aromatic ring is 1. The highest BCUT2D eigenvalue weighted by molar-refractivity contribution is 5.99. The van der Waals surface area contributed by atoms with Crippen LogP contribution >= 0.6 is 0 Å². The number of rotatable bonds is 2. The molecular weight excluding hydrogens is 184 g/mol. The van der Waals surface area contributed by atoms with Crippen LogP contribution in [0.15, 0.2) is 6.33 Å². The van der Waals surface area contributed by atoms with Gasteiger partial charge in [-0.25, -0.2) is 14.3 Å². The minimum Gasteiger partial charge on any atom is -0.383 e. The zero-order valence-electron chi connectivity index (χ0n) is 8.07. The monoisotopic (exact) mass is 196 g/mol. The summed E-state index contributed by atoms with van der Waals surface area (Å²) in [6.07, 6.45) is 1.55. The molecule has 3 N–H and O–H groups in total. The highest BCUT2D eigenvalue weighted by Crippen LogP contribution is 2.11. The second-order valence-electron chi connectivity index (χ2n) is 2.68. The standard InChI is InChI=1S/C8H12N4O2/c1-3-5(13)6-7(9)12(4-11-6)8(14)10-2/h4H,3,9H2,1-2H3,(H,10,14). The van der Waals surface area contributed by atoms with Gasteiger partial charge in [-0.05, 0) is 0 Å². The third-order valence-corrected chi connectivity index (χ3v) is 1.82. The second-order valence-corrected chi connectivity index (χ2v) is 2.68. The molecule has 0 radical (unpaired) electrons. The van der Waals surface area contributed by atoms with Crippen LogP contribution in [0.3, 0.4) is 0 Å². The van der Waals surface area contributed by atoms with Crippen molar-refractivity contribution in [2.75, 3.05) is 12.8 Å². The van der Waals surface area contributed by atoms with Gasteiger partial charge in [-0.1, -0.05) is 6.92 Å². The first kappa shape index (κ1) is 10.2. The number of nitrogens with one attached hydrogen (secondary N) is 1. The molecule has 6 nitrogen and oxygen atoms in total.